The molecule has 0 heterocycles. The standard InChI is InChI=1S/C18H14F5N3O/c1-25-9-13(16(24)18(21,22)23)11-7-6-10(8-15(11)20)26-17(27)12-4-2-3-5-14(12)19/h2-9,13,24H,1H3,(H,26,27). The second-order valence-corrected chi connectivity index (χ2v) is 5.47. The third-order valence-electron chi connectivity index (χ3n) is 3.63. The van der Waals surface area contributed by atoms with Gasteiger partial charge in [-0.25, -0.2) is 8.78 Å². The molecule has 2 rings (SSSR count). The topological polar surface area (TPSA) is 65.3 Å². The Hall–Kier alpha value is -3.10. The van der Waals surface area contributed by atoms with Crippen LogP contribution in [0, 0.1) is 17.0 Å². The highest BCUT2D eigenvalue weighted by Crippen LogP contribution is 2.29. The quantitative estimate of drug-likeness (QED) is 0.576. The van der Waals surface area contributed by atoms with Crippen LogP contribution in [0.5, 0.6) is 0 Å². The van der Waals surface area contributed by atoms with Gasteiger partial charge in [0.25, 0.3) is 5.91 Å². The van der Waals surface area contributed by atoms with E-state index < -0.39 is 40.9 Å². The van der Waals surface area contributed by atoms with Crippen LogP contribution in [0.1, 0.15) is 21.8 Å². The zero-order valence-corrected chi connectivity index (χ0v) is 13.9. The highest BCUT2D eigenvalue weighted by Gasteiger charge is 2.40. The minimum absolute atomic E-state index is 0.0739. The van der Waals surface area contributed by atoms with Crippen molar-refractivity contribution in [3.8, 4) is 0 Å². The third-order valence-corrected chi connectivity index (χ3v) is 3.63. The van der Waals surface area contributed by atoms with Crippen LogP contribution < -0.4 is 5.32 Å². The van der Waals surface area contributed by atoms with Crippen LogP contribution in [-0.2, 0) is 0 Å². The summed E-state index contributed by atoms with van der Waals surface area (Å²) in [7, 11) is 1.21. The lowest BCUT2D eigenvalue weighted by molar-refractivity contribution is -0.0612. The Morgan fingerprint density at radius 3 is 2.37 bits per heavy atom. The summed E-state index contributed by atoms with van der Waals surface area (Å²) in [5.74, 6) is -4.41. The van der Waals surface area contributed by atoms with Crippen LogP contribution in [0.25, 0.3) is 0 Å². The van der Waals surface area contributed by atoms with E-state index in [2.05, 4.69) is 10.3 Å². The molecule has 1 atom stereocenters. The monoisotopic (exact) mass is 383 g/mol. The number of nitrogens with one attached hydrogen (secondary N) is 2. The molecule has 2 N–H and O–H groups in total. The molecular weight excluding hydrogens is 369 g/mol. The number of rotatable bonds is 5. The van der Waals surface area contributed by atoms with Gasteiger partial charge in [0.15, 0.2) is 0 Å². The molecule has 2 aromatic carbocycles. The molecule has 9 heteroatoms. The summed E-state index contributed by atoms with van der Waals surface area (Å²) < 4.78 is 66.4. The van der Waals surface area contributed by atoms with Gasteiger partial charge in [-0.05, 0) is 24.3 Å². The molecule has 4 nitrogen and oxygen atoms in total. The number of nitrogens with zero attached hydrogens (tertiary/aromatic N) is 1. The number of aliphatic imine (C=N–C) groups is 1. The number of halogens is 5. The van der Waals surface area contributed by atoms with E-state index >= 15 is 0 Å². The number of alkyl halides is 3. The van der Waals surface area contributed by atoms with Gasteiger partial charge in [0.05, 0.1) is 11.5 Å². The second kappa shape index (κ2) is 8.07. The fourth-order valence-corrected chi connectivity index (χ4v) is 2.34. The van der Waals surface area contributed by atoms with Gasteiger partial charge in [-0.1, -0.05) is 18.2 Å². The number of anilines is 1. The zero-order chi connectivity index (χ0) is 20.2. The van der Waals surface area contributed by atoms with E-state index in [4.69, 9.17) is 5.41 Å². The molecule has 0 spiro atoms. The van der Waals surface area contributed by atoms with Gasteiger partial charge < -0.3 is 5.32 Å². The van der Waals surface area contributed by atoms with E-state index in [1.165, 1.54) is 25.2 Å². The molecule has 0 aliphatic rings. The van der Waals surface area contributed by atoms with Crippen molar-refractivity contribution in [1.82, 2.24) is 0 Å². The summed E-state index contributed by atoms with van der Waals surface area (Å²) >= 11 is 0. The van der Waals surface area contributed by atoms with Crippen molar-refractivity contribution in [3.05, 3.63) is 65.2 Å². The molecule has 0 aliphatic heterocycles. The fraction of sp³-hybridized carbons (Fsp3) is 0.167. The Kier molecular flexibility index (Phi) is 6.04. The molecule has 1 amide bonds. The first kappa shape index (κ1) is 20.2. The average molecular weight is 383 g/mol. The smallest absolute Gasteiger partial charge is 0.322 e. The van der Waals surface area contributed by atoms with Crippen molar-refractivity contribution in [2.75, 3.05) is 12.4 Å². The van der Waals surface area contributed by atoms with Gasteiger partial charge >= 0.3 is 6.18 Å². The second-order valence-electron chi connectivity index (χ2n) is 5.47. The Morgan fingerprint density at radius 2 is 1.81 bits per heavy atom. The zero-order valence-electron chi connectivity index (χ0n) is 13.9. The summed E-state index contributed by atoms with van der Waals surface area (Å²) in [6.45, 7) is 0. The lowest BCUT2D eigenvalue weighted by Crippen LogP contribution is -2.30. The maximum absolute atomic E-state index is 14.4. The van der Waals surface area contributed by atoms with Crippen molar-refractivity contribution in [1.29, 1.82) is 5.41 Å². The highest BCUT2D eigenvalue weighted by molar-refractivity contribution is 6.06. The van der Waals surface area contributed by atoms with Crippen LogP contribution in [0.2, 0.25) is 0 Å². The molecule has 27 heavy (non-hydrogen) atoms. The van der Waals surface area contributed by atoms with E-state index in [-0.39, 0.29) is 11.3 Å². The lowest BCUT2D eigenvalue weighted by Gasteiger charge is -2.18. The number of carbonyl (C=O) groups is 1. The molecule has 0 bridgehead atoms. The van der Waals surface area contributed by atoms with Crippen LogP contribution >= 0.6 is 0 Å². The third kappa shape index (κ3) is 4.75. The molecule has 0 fully saturated rings. The molecule has 0 aromatic heterocycles. The molecule has 1 unspecified atom stereocenters. The number of benzene rings is 2. The van der Waals surface area contributed by atoms with Gasteiger partial charge in [0, 0.05) is 24.5 Å². The number of amides is 1. The first-order valence-electron chi connectivity index (χ1n) is 7.58. The van der Waals surface area contributed by atoms with E-state index in [9.17, 15) is 26.7 Å². The molecule has 0 radical (unpaired) electrons. The first-order chi connectivity index (χ1) is 12.6. The molecule has 0 saturated heterocycles. The van der Waals surface area contributed by atoms with Crippen molar-refractivity contribution in [3.63, 3.8) is 0 Å². The van der Waals surface area contributed by atoms with Crippen LogP contribution in [-0.4, -0.2) is 31.1 Å². The molecule has 142 valence electrons. The van der Waals surface area contributed by atoms with Gasteiger partial charge in [-0.3, -0.25) is 15.2 Å². The van der Waals surface area contributed by atoms with Crippen molar-refractivity contribution >= 4 is 23.5 Å². The van der Waals surface area contributed by atoms with Crippen molar-refractivity contribution in [2.45, 2.75) is 12.1 Å². The van der Waals surface area contributed by atoms with Crippen molar-refractivity contribution < 1.29 is 26.7 Å². The van der Waals surface area contributed by atoms with Gasteiger partial charge in [-0.2, -0.15) is 13.2 Å². The van der Waals surface area contributed by atoms with Gasteiger partial charge in [0.1, 0.15) is 17.3 Å². The Balaban J connectivity index is 2.30. The predicted octanol–water partition coefficient (Wildman–Crippen LogP) is 4.58. The molecule has 0 aliphatic carbocycles. The Morgan fingerprint density at radius 1 is 1.15 bits per heavy atom. The lowest BCUT2D eigenvalue weighted by atomic mass is 9.94. The van der Waals surface area contributed by atoms with Crippen LogP contribution in [0.4, 0.5) is 27.6 Å². The molecular formula is C18H14F5N3O. The number of hydrogen-bond acceptors (Lipinski definition) is 3. The van der Waals surface area contributed by atoms with E-state index in [0.717, 1.165) is 30.5 Å². The van der Waals surface area contributed by atoms with Crippen molar-refractivity contribution in [2.24, 2.45) is 4.99 Å². The maximum atomic E-state index is 14.4. The maximum Gasteiger partial charge on any atom is 0.429 e. The number of hydrogen-bond donors (Lipinski definition) is 2. The predicted molar refractivity (Wildman–Crippen MR) is 91.7 cm³/mol. The first-order valence-corrected chi connectivity index (χ1v) is 7.58. The summed E-state index contributed by atoms with van der Waals surface area (Å²) in [6, 6.07) is 8.12. The Bertz CT molecular complexity index is 893. The van der Waals surface area contributed by atoms with E-state index in [0.29, 0.717) is 0 Å². The van der Waals surface area contributed by atoms with E-state index in [1.807, 2.05) is 0 Å². The van der Waals surface area contributed by atoms with Gasteiger partial charge in [0.2, 0.25) is 0 Å². The van der Waals surface area contributed by atoms with Crippen LogP contribution in [0.15, 0.2) is 47.5 Å². The fourth-order valence-electron chi connectivity index (χ4n) is 2.34. The summed E-state index contributed by atoms with van der Waals surface area (Å²) in [5, 5.41) is 9.51. The minimum atomic E-state index is -4.95. The highest BCUT2D eigenvalue weighted by atomic mass is 19.4. The summed E-state index contributed by atoms with van der Waals surface area (Å²) in [5.41, 5.74) is -2.44. The molecule has 0 saturated carbocycles. The summed E-state index contributed by atoms with van der Waals surface area (Å²) in [6.07, 6.45) is -4.14. The minimum Gasteiger partial charge on any atom is -0.322 e. The van der Waals surface area contributed by atoms with Crippen LogP contribution in [0.3, 0.4) is 0 Å². The number of carbonyl (C=O) groups excluding carboxylic acids is 1. The average Bonchev–Trinajstić information content (AvgIpc) is 2.59. The summed E-state index contributed by atoms with van der Waals surface area (Å²) in [4.78, 5) is 15.5. The van der Waals surface area contributed by atoms with Gasteiger partial charge in [-0.15, -0.1) is 0 Å². The normalized spacial score (nSPS) is 12.8. The Labute approximate surface area is 151 Å². The SMILES string of the molecule is CN=CC(C(=N)C(F)(F)F)c1ccc(NC(=O)c2ccccc2F)cc1F. The largest absolute Gasteiger partial charge is 0.429 e. The van der Waals surface area contributed by atoms with E-state index in [1.54, 1.807) is 0 Å². The molecule has 2 aromatic rings.